The molecule has 9 heteroatoms. The van der Waals surface area contributed by atoms with E-state index in [-0.39, 0.29) is 19.1 Å². The zero-order valence-electron chi connectivity index (χ0n) is 17.4. The maximum atomic E-state index is 11.4. The Morgan fingerprint density at radius 3 is 2.84 bits per heavy atom. The lowest BCUT2D eigenvalue weighted by molar-refractivity contribution is -0.137. The number of ether oxygens (including phenoxy) is 3. The van der Waals surface area contributed by atoms with Gasteiger partial charge in [-0.15, -0.1) is 0 Å². The van der Waals surface area contributed by atoms with Crippen LogP contribution in [0.25, 0.3) is 23.0 Å². The van der Waals surface area contributed by atoms with Gasteiger partial charge in [0.05, 0.1) is 18.5 Å². The molecular formula is C23H20ClN3O5. The maximum Gasteiger partial charge on any atom is 0.407 e. The quantitative estimate of drug-likeness (QED) is 0.577. The Balaban J connectivity index is 1.58. The number of benzene rings is 2. The van der Waals surface area contributed by atoms with Crippen LogP contribution in [-0.4, -0.2) is 35.6 Å². The first-order valence-electron chi connectivity index (χ1n) is 9.75. The van der Waals surface area contributed by atoms with E-state index < -0.39 is 6.09 Å². The summed E-state index contributed by atoms with van der Waals surface area (Å²) >= 11 is 6.26. The number of methoxy groups -OCH3 is 1. The van der Waals surface area contributed by atoms with Crippen molar-refractivity contribution < 1.29 is 23.8 Å². The highest BCUT2D eigenvalue weighted by Crippen LogP contribution is 2.30. The minimum Gasteiger partial charge on any atom is -0.485 e. The van der Waals surface area contributed by atoms with Gasteiger partial charge in [0.15, 0.2) is 0 Å². The number of nitrogens with one attached hydrogen (secondary N) is 1. The van der Waals surface area contributed by atoms with Gasteiger partial charge in [-0.3, -0.25) is 4.79 Å². The molecule has 1 aromatic heterocycles. The van der Waals surface area contributed by atoms with E-state index in [4.69, 9.17) is 21.1 Å². The molecule has 1 N–H and O–H groups in total. The van der Waals surface area contributed by atoms with Crippen molar-refractivity contribution in [2.75, 3.05) is 13.7 Å². The number of nitrogens with zero attached hydrogens (tertiary/aromatic N) is 2. The molecule has 0 fully saturated rings. The van der Waals surface area contributed by atoms with Crippen molar-refractivity contribution in [2.24, 2.45) is 0 Å². The summed E-state index contributed by atoms with van der Waals surface area (Å²) < 4.78 is 17.1. The van der Waals surface area contributed by atoms with E-state index in [1.165, 1.54) is 14.0 Å². The molecule has 0 radical (unpaired) electrons. The van der Waals surface area contributed by atoms with Crippen molar-refractivity contribution in [2.45, 2.75) is 13.5 Å². The molecule has 1 amide bonds. The largest absolute Gasteiger partial charge is 0.485 e. The van der Waals surface area contributed by atoms with Crippen molar-refractivity contribution in [3.05, 3.63) is 70.6 Å². The Kier molecular flexibility index (Phi) is 6.13. The van der Waals surface area contributed by atoms with Gasteiger partial charge in [-0.1, -0.05) is 17.7 Å². The third kappa shape index (κ3) is 4.76. The molecule has 2 aromatic carbocycles. The van der Waals surface area contributed by atoms with Crippen LogP contribution in [0.5, 0.6) is 5.75 Å². The van der Waals surface area contributed by atoms with Gasteiger partial charge < -0.3 is 19.5 Å². The Labute approximate surface area is 189 Å². The van der Waals surface area contributed by atoms with Gasteiger partial charge in [-0.2, -0.15) is 5.10 Å². The fourth-order valence-corrected chi connectivity index (χ4v) is 3.45. The number of hydrogen-bond acceptors (Lipinski definition) is 6. The van der Waals surface area contributed by atoms with Gasteiger partial charge in [0.2, 0.25) is 0 Å². The minimum atomic E-state index is -0.530. The lowest BCUT2D eigenvalue weighted by Gasteiger charge is -2.18. The van der Waals surface area contributed by atoms with Crippen LogP contribution >= 0.6 is 11.6 Å². The van der Waals surface area contributed by atoms with Crippen LogP contribution in [0.4, 0.5) is 4.79 Å². The van der Waals surface area contributed by atoms with Crippen molar-refractivity contribution >= 4 is 29.7 Å². The molecule has 4 rings (SSSR count). The Hall–Kier alpha value is -3.78. The Morgan fingerprint density at radius 2 is 2.06 bits per heavy atom. The van der Waals surface area contributed by atoms with Crippen LogP contribution < -0.4 is 10.1 Å². The molecule has 0 atom stereocenters. The molecular weight excluding hydrogens is 434 g/mol. The molecule has 32 heavy (non-hydrogen) atoms. The van der Waals surface area contributed by atoms with Crippen LogP contribution in [0.1, 0.15) is 18.1 Å². The zero-order valence-corrected chi connectivity index (χ0v) is 18.2. The Bertz CT molecular complexity index is 1220. The molecule has 0 spiro atoms. The molecule has 3 aromatic rings. The predicted molar refractivity (Wildman–Crippen MR) is 118 cm³/mol. The second-order valence-corrected chi connectivity index (χ2v) is 7.42. The van der Waals surface area contributed by atoms with Crippen molar-refractivity contribution in [3.63, 3.8) is 0 Å². The highest BCUT2D eigenvalue weighted by Gasteiger charge is 2.15. The number of fused-ring (bicyclic) bond motifs is 1. The summed E-state index contributed by atoms with van der Waals surface area (Å²) in [6.07, 6.45) is 3.10. The topological polar surface area (TPSA) is 91.7 Å². The van der Waals surface area contributed by atoms with E-state index in [2.05, 4.69) is 15.2 Å². The van der Waals surface area contributed by atoms with Gasteiger partial charge in [-0.05, 0) is 48.0 Å². The second-order valence-electron chi connectivity index (χ2n) is 7.01. The fourth-order valence-electron chi connectivity index (χ4n) is 3.26. The van der Waals surface area contributed by atoms with E-state index in [1.54, 1.807) is 16.8 Å². The SMILES string of the molecule is COC(=O)NCc1cc(-c2ccn(-c3ccc4c(c3)C=C(OC(C)=O)CO4)n2)ccc1Cl. The second kappa shape index (κ2) is 9.15. The number of rotatable bonds is 5. The predicted octanol–water partition coefficient (Wildman–Crippen LogP) is 4.35. The van der Waals surface area contributed by atoms with Gasteiger partial charge in [-0.25, -0.2) is 9.48 Å². The summed E-state index contributed by atoms with van der Waals surface area (Å²) in [4.78, 5) is 22.6. The summed E-state index contributed by atoms with van der Waals surface area (Å²) in [5.41, 5.74) is 3.96. The molecule has 0 saturated carbocycles. The molecule has 1 aliphatic heterocycles. The first-order chi connectivity index (χ1) is 15.4. The van der Waals surface area contributed by atoms with Crippen LogP contribution in [0, 0.1) is 0 Å². The highest BCUT2D eigenvalue weighted by molar-refractivity contribution is 6.31. The van der Waals surface area contributed by atoms with Crippen LogP contribution in [-0.2, 0) is 20.8 Å². The van der Waals surface area contributed by atoms with E-state index in [0.29, 0.717) is 16.5 Å². The van der Waals surface area contributed by atoms with Crippen LogP contribution in [0.2, 0.25) is 5.02 Å². The van der Waals surface area contributed by atoms with Crippen molar-refractivity contribution in [1.29, 1.82) is 0 Å². The van der Waals surface area contributed by atoms with Crippen LogP contribution in [0.3, 0.4) is 0 Å². The summed E-state index contributed by atoms with van der Waals surface area (Å²) in [5, 5.41) is 7.82. The minimum absolute atomic E-state index is 0.210. The normalized spacial score (nSPS) is 12.3. The highest BCUT2D eigenvalue weighted by atomic mass is 35.5. The van der Waals surface area contributed by atoms with Gasteiger partial charge in [0.25, 0.3) is 0 Å². The number of alkyl carbamates (subject to hydrolysis) is 1. The maximum absolute atomic E-state index is 11.4. The van der Waals surface area contributed by atoms with E-state index in [0.717, 1.165) is 28.1 Å². The number of carbonyl (C=O) groups is 2. The average molecular weight is 454 g/mol. The van der Waals surface area contributed by atoms with E-state index in [9.17, 15) is 9.59 Å². The molecule has 164 valence electrons. The number of aromatic nitrogens is 2. The molecule has 0 unspecified atom stereocenters. The van der Waals surface area contributed by atoms with E-state index in [1.807, 2.05) is 42.6 Å². The molecule has 1 aliphatic rings. The molecule has 0 aliphatic carbocycles. The summed E-state index contributed by atoms with van der Waals surface area (Å²) in [5.74, 6) is 0.773. The van der Waals surface area contributed by atoms with Gasteiger partial charge >= 0.3 is 12.1 Å². The fraction of sp³-hybridized carbons (Fsp3) is 0.174. The number of amides is 1. The van der Waals surface area contributed by atoms with Gasteiger partial charge in [0, 0.05) is 35.8 Å². The number of carbonyl (C=O) groups excluding carboxylic acids is 2. The summed E-state index contributed by atoms with van der Waals surface area (Å²) in [7, 11) is 1.31. The zero-order chi connectivity index (χ0) is 22.7. The third-order valence-corrected chi connectivity index (χ3v) is 5.13. The van der Waals surface area contributed by atoms with Crippen molar-refractivity contribution in [1.82, 2.24) is 15.1 Å². The average Bonchev–Trinajstić information content (AvgIpc) is 3.27. The Morgan fingerprint density at radius 1 is 1.22 bits per heavy atom. The third-order valence-electron chi connectivity index (χ3n) is 4.76. The lowest BCUT2D eigenvalue weighted by atomic mass is 10.1. The lowest BCUT2D eigenvalue weighted by Crippen LogP contribution is -2.22. The molecule has 0 saturated heterocycles. The smallest absolute Gasteiger partial charge is 0.407 e. The number of esters is 1. The number of halogens is 1. The first kappa shape index (κ1) is 21.5. The molecule has 0 bridgehead atoms. The molecule has 8 nitrogen and oxygen atoms in total. The summed E-state index contributed by atoms with van der Waals surface area (Å²) in [6, 6.07) is 13.0. The number of hydrogen-bond donors (Lipinski definition) is 1. The summed E-state index contributed by atoms with van der Waals surface area (Å²) in [6.45, 7) is 1.80. The molecule has 2 heterocycles. The monoisotopic (exact) mass is 453 g/mol. The standard InChI is InChI=1S/C23H20ClN3O5/c1-14(28)32-19-11-16-10-18(4-6-22(16)31-13-19)27-8-7-21(26-27)15-3-5-20(24)17(9-15)12-25-23(29)30-2/h3-11H,12-13H2,1-2H3,(H,25,29). The van der Waals surface area contributed by atoms with Crippen LogP contribution in [0.15, 0.2) is 54.4 Å². The first-order valence-corrected chi connectivity index (χ1v) is 10.1. The van der Waals surface area contributed by atoms with Crippen molar-refractivity contribution in [3.8, 4) is 22.7 Å². The van der Waals surface area contributed by atoms with Gasteiger partial charge in [0.1, 0.15) is 18.1 Å². The van der Waals surface area contributed by atoms with E-state index >= 15 is 0 Å².